The monoisotopic (exact) mass is 269 g/mol. The van der Waals surface area contributed by atoms with Gasteiger partial charge in [0.05, 0.1) is 0 Å². The molecule has 0 spiro atoms. The van der Waals surface area contributed by atoms with Gasteiger partial charge in [-0.05, 0) is 26.8 Å². The van der Waals surface area contributed by atoms with E-state index < -0.39 is 8.80 Å². The van der Waals surface area contributed by atoms with Gasteiger partial charge in [-0.2, -0.15) is 0 Å². The summed E-state index contributed by atoms with van der Waals surface area (Å²) in [5.41, 5.74) is 5.50. The predicted octanol–water partition coefficient (Wildman–Crippen LogP) is 1.27. The fourth-order valence-electron chi connectivity index (χ4n) is 1.69. The van der Waals surface area contributed by atoms with Gasteiger partial charge in [0.1, 0.15) is 0 Å². The molecule has 1 rings (SSSR count). The van der Waals surface area contributed by atoms with Crippen LogP contribution in [0.3, 0.4) is 0 Å². The van der Waals surface area contributed by atoms with Crippen molar-refractivity contribution in [2.45, 2.75) is 20.3 Å². The minimum absolute atomic E-state index is 0.567. The molecular weight excluding hydrogens is 246 g/mol. The van der Waals surface area contributed by atoms with Crippen molar-refractivity contribution in [3.8, 4) is 0 Å². The molecule has 0 saturated carbocycles. The molecule has 4 nitrogen and oxygen atoms in total. The molecule has 102 valence electrons. The fraction of sp³-hybridized carbons (Fsp3) is 0.538. The highest BCUT2D eigenvalue weighted by molar-refractivity contribution is 6.75. The Hall–Kier alpha value is -0.723. The highest BCUT2D eigenvalue weighted by atomic mass is 28.4. The number of nitrogens with two attached hydrogens (primary N) is 1. The molecule has 1 aromatic rings. The van der Waals surface area contributed by atoms with Crippen molar-refractivity contribution in [3.05, 3.63) is 30.3 Å². The largest absolute Gasteiger partial charge is 0.537 e. The molecule has 0 aromatic heterocycles. The molecule has 0 aliphatic carbocycles. The minimum Gasteiger partial charge on any atom is -0.370 e. The second-order valence-corrected chi connectivity index (χ2v) is 6.33. The first-order valence-electron chi connectivity index (χ1n) is 6.46. The summed E-state index contributed by atoms with van der Waals surface area (Å²) in [4.78, 5) is 0. The lowest BCUT2D eigenvalue weighted by Crippen LogP contribution is -2.57. The zero-order chi connectivity index (χ0) is 13.3. The smallest absolute Gasteiger partial charge is 0.370 e. The highest BCUT2D eigenvalue weighted by Gasteiger charge is 2.43. The van der Waals surface area contributed by atoms with Gasteiger partial charge in [0.15, 0.2) is 0 Å². The zero-order valence-electron chi connectivity index (χ0n) is 11.2. The van der Waals surface area contributed by atoms with Crippen LogP contribution < -0.4 is 10.9 Å². The third-order valence-corrected chi connectivity index (χ3v) is 5.40. The molecule has 0 unspecified atom stereocenters. The van der Waals surface area contributed by atoms with Crippen molar-refractivity contribution < 1.29 is 13.3 Å². The van der Waals surface area contributed by atoms with E-state index in [1.54, 1.807) is 0 Å². The van der Waals surface area contributed by atoms with Gasteiger partial charge in [0.25, 0.3) is 0 Å². The molecule has 0 bridgehead atoms. The first kappa shape index (κ1) is 15.3. The number of benzene rings is 1. The van der Waals surface area contributed by atoms with Crippen LogP contribution in [0, 0.1) is 0 Å². The molecule has 0 aliphatic heterocycles. The summed E-state index contributed by atoms with van der Waals surface area (Å²) in [7, 11) is -2.76. The quantitative estimate of drug-likeness (QED) is 0.542. The molecule has 2 N–H and O–H groups in total. The second-order valence-electron chi connectivity index (χ2n) is 3.78. The van der Waals surface area contributed by atoms with Gasteiger partial charge in [-0.25, -0.2) is 0 Å². The van der Waals surface area contributed by atoms with Gasteiger partial charge < -0.3 is 19.0 Å². The molecule has 0 amide bonds. The van der Waals surface area contributed by atoms with Crippen LogP contribution in [0.4, 0.5) is 0 Å². The van der Waals surface area contributed by atoms with E-state index in [9.17, 15) is 0 Å². The van der Waals surface area contributed by atoms with Crippen molar-refractivity contribution in [2.24, 2.45) is 5.73 Å². The summed E-state index contributed by atoms with van der Waals surface area (Å²) in [5, 5.41) is 1.01. The Kier molecular flexibility index (Phi) is 7.15. The summed E-state index contributed by atoms with van der Waals surface area (Å²) in [6, 6.07) is 9.92. The lowest BCUT2D eigenvalue weighted by Gasteiger charge is -2.29. The standard InChI is InChI=1S/C13H23NO3Si/c1-3-15-18(16-4-2,17-12-8-11-14)13-9-6-5-7-10-13/h5-7,9-10H,3-4,8,11-12,14H2,1-2H3. The third-order valence-electron chi connectivity index (χ3n) is 2.44. The topological polar surface area (TPSA) is 53.7 Å². The van der Waals surface area contributed by atoms with Crippen molar-refractivity contribution in [1.29, 1.82) is 0 Å². The molecule has 0 heterocycles. The van der Waals surface area contributed by atoms with Crippen molar-refractivity contribution in [1.82, 2.24) is 0 Å². The summed E-state index contributed by atoms with van der Waals surface area (Å²) in [5.74, 6) is 0. The summed E-state index contributed by atoms with van der Waals surface area (Å²) in [6.07, 6.45) is 0.807. The Morgan fingerprint density at radius 1 is 1.00 bits per heavy atom. The van der Waals surface area contributed by atoms with Crippen LogP contribution in [0.2, 0.25) is 0 Å². The van der Waals surface area contributed by atoms with E-state index in [0.29, 0.717) is 26.4 Å². The predicted molar refractivity (Wildman–Crippen MR) is 74.7 cm³/mol. The zero-order valence-corrected chi connectivity index (χ0v) is 12.2. The average Bonchev–Trinajstić information content (AvgIpc) is 2.40. The second kappa shape index (κ2) is 8.39. The number of rotatable bonds is 9. The summed E-state index contributed by atoms with van der Waals surface area (Å²) >= 11 is 0. The average molecular weight is 269 g/mol. The Labute approximate surface area is 110 Å². The van der Waals surface area contributed by atoms with E-state index in [-0.39, 0.29) is 0 Å². The van der Waals surface area contributed by atoms with Crippen LogP contribution in [0.1, 0.15) is 20.3 Å². The summed E-state index contributed by atoms with van der Waals surface area (Å²) < 4.78 is 17.7. The molecule has 0 radical (unpaired) electrons. The minimum atomic E-state index is -2.76. The van der Waals surface area contributed by atoms with Gasteiger partial charge in [0.2, 0.25) is 0 Å². The van der Waals surface area contributed by atoms with Crippen LogP contribution in [0.15, 0.2) is 30.3 Å². The maximum Gasteiger partial charge on any atom is 0.537 e. The SMILES string of the molecule is CCO[Si](OCC)(OCCCN)c1ccccc1. The molecule has 0 saturated heterocycles. The van der Waals surface area contributed by atoms with E-state index in [2.05, 4.69) is 0 Å². The number of hydrogen-bond acceptors (Lipinski definition) is 4. The summed E-state index contributed by atoms with van der Waals surface area (Å²) in [6.45, 7) is 6.23. The van der Waals surface area contributed by atoms with Gasteiger partial charge in [-0.3, -0.25) is 0 Å². The normalized spacial score (nSPS) is 11.7. The molecule has 5 heteroatoms. The van der Waals surface area contributed by atoms with Crippen LogP contribution >= 0.6 is 0 Å². The van der Waals surface area contributed by atoms with Gasteiger partial charge >= 0.3 is 8.80 Å². The maximum absolute atomic E-state index is 5.95. The Balaban J connectivity index is 2.89. The lowest BCUT2D eigenvalue weighted by molar-refractivity contribution is 0.0810. The Bertz CT molecular complexity index is 315. The van der Waals surface area contributed by atoms with Crippen molar-refractivity contribution >= 4 is 14.0 Å². The highest BCUT2D eigenvalue weighted by Crippen LogP contribution is 2.11. The molecule has 0 aliphatic rings. The van der Waals surface area contributed by atoms with E-state index in [4.69, 9.17) is 19.0 Å². The van der Waals surface area contributed by atoms with E-state index in [1.807, 2.05) is 44.2 Å². The van der Waals surface area contributed by atoms with E-state index in [0.717, 1.165) is 11.6 Å². The van der Waals surface area contributed by atoms with E-state index >= 15 is 0 Å². The van der Waals surface area contributed by atoms with E-state index in [1.165, 1.54) is 0 Å². The molecule has 1 aromatic carbocycles. The van der Waals surface area contributed by atoms with Crippen LogP contribution in [-0.4, -0.2) is 35.2 Å². The van der Waals surface area contributed by atoms with Gasteiger partial charge in [-0.1, -0.05) is 30.3 Å². The van der Waals surface area contributed by atoms with Gasteiger partial charge in [-0.15, -0.1) is 0 Å². The molecule has 18 heavy (non-hydrogen) atoms. The molecule has 0 fully saturated rings. The van der Waals surface area contributed by atoms with Crippen molar-refractivity contribution in [2.75, 3.05) is 26.4 Å². The Morgan fingerprint density at radius 3 is 2.11 bits per heavy atom. The van der Waals surface area contributed by atoms with Gasteiger partial charge in [0, 0.05) is 25.0 Å². The van der Waals surface area contributed by atoms with Crippen LogP contribution in [0.5, 0.6) is 0 Å². The first-order valence-corrected chi connectivity index (χ1v) is 8.19. The molecular formula is C13H23NO3Si. The first-order chi connectivity index (χ1) is 8.79. The molecule has 0 atom stereocenters. The lowest BCUT2D eigenvalue weighted by atomic mass is 10.4. The van der Waals surface area contributed by atoms with Crippen molar-refractivity contribution in [3.63, 3.8) is 0 Å². The third kappa shape index (κ3) is 4.19. The number of hydrogen-bond donors (Lipinski definition) is 1. The maximum atomic E-state index is 5.95. The Morgan fingerprint density at radius 2 is 1.61 bits per heavy atom. The van der Waals surface area contributed by atoms with Crippen LogP contribution in [-0.2, 0) is 13.3 Å². The van der Waals surface area contributed by atoms with Crippen LogP contribution in [0.25, 0.3) is 0 Å². The fourth-order valence-corrected chi connectivity index (χ4v) is 4.21.